The summed E-state index contributed by atoms with van der Waals surface area (Å²) in [5, 5.41) is 13.2. The third kappa shape index (κ3) is 3.80. The maximum atomic E-state index is 9.96. The molecule has 2 atom stereocenters. The van der Waals surface area contributed by atoms with E-state index in [-0.39, 0.29) is 12.1 Å². The number of oxazole rings is 1. The van der Waals surface area contributed by atoms with Gasteiger partial charge in [-0.15, -0.1) is 0 Å². The molecule has 0 radical (unpaired) electrons. The fraction of sp³-hybridized carbons (Fsp3) is 0.769. The van der Waals surface area contributed by atoms with Crippen LogP contribution in [0, 0.1) is 6.92 Å². The predicted molar refractivity (Wildman–Crippen MR) is 69.3 cm³/mol. The Labute approximate surface area is 108 Å². The fourth-order valence-corrected chi connectivity index (χ4v) is 2.30. The molecule has 0 amide bonds. The van der Waals surface area contributed by atoms with Gasteiger partial charge >= 0.3 is 0 Å². The molecule has 0 aliphatic carbocycles. The van der Waals surface area contributed by atoms with Crippen LogP contribution in [0.3, 0.4) is 0 Å². The average molecular weight is 253 g/mol. The van der Waals surface area contributed by atoms with Gasteiger partial charge in [0, 0.05) is 13.1 Å². The van der Waals surface area contributed by atoms with Crippen molar-refractivity contribution in [1.29, 1.82) is 0 Å². The SMILES string of the molecule is Cc1cnc(C(C)NCC(O)CN2CCCC2)o1. The maximum Gasteiger partial charge on any atom is 0.211 e. The van der Waals surface area contributed by atoms with E-state index >= 15 is 0 Å². The molecule has 0 aromatic carbocycles. The van der Waals surface area contributed by atoms with Gasteiger partial charge in [0.1, 0.15) is 5.76 Å². The van der Waals surface area contributed by atoms with Crippen LogP contribution in [0.4, 0.5) is 0 Å². The third-order valence-corrected chi connectivity index (χ3v) is 3.34. The van der Waals surface area contributed by atoms with Gasteiger partial charge in [0.2, 0.25) is 5.89 Å². The Bertz CT molecular complexity index is 361. The number of nitrogens with zero attached hydrogens (tertiary/aromatic N) is 2. The first-order valence-corrected chi connectivity index (χ1v) is 6.71. The van der Waals surface area contributed by atoms with Crippen LogP contribution in [0.5, 0.6) is 0 Å². The highest BCUT2D eigenvalue weighted by Gasteiger charge is 2.17. The highest BCUT2D eigenvalue weighted by Crippen LogP contribution is 2.12. The van der Waals surface area contributed by atoms with E-state index in [2.05, 4.69) is 15.2 Å². The Morgan fingerprint density at radius 1 is 1.50 bits per heavy atom. The van der Waals surface area contributed by atoms with Gasteiger partial charge in [0.05, 0.1) is 18.3 Å². The second-order valence-electron chi connectivity index (χ2n) is 5.10. The van der Waals surface area contributed by atoms with E-state index in [0.717, 1.165) is 25.4 Å². The molecule has 102 valence electrons. The molecule has 2 heterocycles. The minimum absolute atomic E-state index is 0.0342. The van der Waals surface area contributed by atoms with E-state index in [0.29, 0.717) is 12.4 Å². The molecule has 0 spiro atoms. The number of β-amino-alcohol motifs (C(OH)–C–C–N with tert-alkyl or cyclic N) is 1. The lowest BCUT2D eigenvalue weighted by atomic mass is 10.3. The third-order valence-electron chi connectivity index (χ3n) is 3.34. The van der Waals surface area contributed by atoms with Crippen LogP contribution in [0.15, 0.2) is 10.6 Å². The Hall–Kier alpha value is -0.910. The smallest absolute Gasteiger partial charge is 0.211 e. The first kappa shape index (κ1) is 13.5. The number of aromatic nitrogens is 1. The van der Waals surface area contributed by atoms with Gasteiger partial charge in [-0.25, -0.2) is 4.98 Å². The summed E-state index contributed by atoms with van der Waals surface area (Å²) in [6.07, 6.45) is 3.90. The van der Waals surface area contributed by atoms with Crippen molar-refractivity contribution in [2.24, 2.45) is 0 Å². The highest BCUT2D eigenvalue weighted by molar-refractivity contribution is 4.95. The summed E-state index contributed by atoms with van der Waals surface area (Å²) in [7, 11) is 0. The van der Waals surface area contributed by atoms with Crippen LogP contribution in [0.25, 0.3) is 0 Å². The molecule has 1 aromatic heterocycles. The van der Waals surface area contributed by atoms with Gasteiger partial charge < -0.3 is 19.7 Å². The summed E-state index contributed by atoms with van der Waals surface area (Å²) in [5.41, 5.74) is 0. The Morgan fingerprint density at radius 2 is 2.22 bits per heavy atom. The van der Waals surface area contributed by atoms with Crippen LogP contribution in [-0.4, -0.2) is 47.3 Å². The normalized spacial score (nSPS) is 20.2. The van der Waals surface area contributed by atoms with Crippen molar-refractivity contribution in [3.05, 3.63) is 17.8 Å². The zero-order valence-electron chi connectivity index (χ0n) is 11.2. The lowest BCUT2D eigenvalue weighted by Gasteiger charge is -2.20. The number of aliphatic hydroxyl groups excluding tert-OH is 1. The molecule has 5 heteroatoms. The summed E-state index contributed by atoms with van der Waals surface area (Å²) in [5.74, 6) is 1.50. The van der Waals surface area contributed by atoms with Crippen molar-refractivity contribution in [3.8, 4) is 0 Å². The molecule has 18 heavy (non-hydrogen) atoms. The van der Waals surface area contributed by atoms with Crippen molar-refractivity contribution < 1.29 is 9.52 Å². The molecule has 1 aliphatic rings. The molecule has 5 nitrogen and oxygen atoms in total. The van der Waals surface area contributed by atoms with E-state index < -0.39 is 0 Å². The molecule has 2 N–H and O–H groups in total. The van der Waals surface area contributed by atoms with E-state index in [9.17, 15) is 5.11 Å². The van der Waals surface area contributed by atoms with Gasteiger partial charge in [-0.2, -0.15) is 0 Å². The van der Waals surface area contributed by atoms with Crippen molar-refractivity contribution in [3.63, 3.8) is 0 Å². The second-order valence-corrected chi connectivity index (χ2v) is 5.10. The standard InChI is InChI=1S/C13H23N3O2/c1-10-7-15-13(18-10)11(2)14-8-12(17)9-16-5-3-4-6-16/h7,11-12,14,17H,3-6,8-9H2,1-2H3. The Balaban J connectivity index is 1.70. The monoisotopic (exact) mass is 253 g/mol. The van der Waals surface area contributed by atoms with Gasteiger partial charge in [-0.05, 0) is 39.8 Å². The van der Waals surface area contributed by atoms with Gasteiger partial charge in [-0.1, -0.05) is 0 Å². The molecule has 1 saturated heterocycles. The van der Waals surface area contributed by atoms with E-state index in [4.69, 9.17) is 4.42 Å². The number of hydrogen-bond donors (Lipinski definition) is 2. The molecule has 2 rings (SSSR count). The quantitative estimate of drug-likeness (QED) is 0.794. The molecule has 1 aliphatic heterocycles. The van der Waals surface area contributed by atoms with Crippen LogP contribution in [0.1, 0.15) is 37.5 Å². The first-order chi connectivity index (χ1) is 8.65. The maximum absolute atomic E-state index is 9.96. The van der Waals surface area contributed by atoms with Crippen molar-refractivity contribution in [1.82, 2.24) is 15.2 Å². The number of nitrogens with one attached hydrogen (secondary N) is 1. The molecular weight excluding hydrogens is 230 g/mol. The van der Waals surface area contributed by atoms with Crippen molar-refractivity contribution in [2.75, 3.05) is 26.2 Å². The summed E-state index contributed by atoms with van der Waals surface area (Å²) >= 11 is 0. The topological polar surface area (TPSA) is 61.5 Å². The largest absolute Gasteiger partial charge is 0.444 e. The van der Waals surface area contributed by atoms with Crippen LogP contribution in [-0.2, 0) is 0 Å². The lowest BCUT2D eigenvalue weighted by molar-refractivity contribution is 0.120. The molecule has 1 fully saturated rings. The molecule has 1 aromatic rings. The molecule has 0 saturated carbocycles. The van der Waals surface area contributed by atoms with E-state index in [1.807, 2.05) is 13.8 Å². The summed E-state index contributed by atoms with van der Waals surface area (Å²) in [6, 6.07) is 0.0342. The number of aliphatic hydroxyl groups is 1. The lowest BCUT2D eigenvalue weighted by Crippen LogP contribution is -2.37. The zero-order valence-corrected chi connectivity index (χ0v) is 11.2. The summed E-state index contributed by atoms with van der Waals surface area (Å²) in [4.78, 5) is 6.49. The van der Waals surface area contributed by atoms with Crippen LogP contribution >= 0.6 is 0 Å². The van der Waals surface area contributed by atoms with Crippen LogP contribution in [0.2, 0.25) is 0 Å². The van der Waals surface area contributed by atoms with Gasteiger partial charge in [-0.3, -0.25) is 0 Å². The minimum atomic E-state index is -0.332. The fourth-order valence-electron chi connectivity index (χ4n) is 2.30. The highest BCUT2D eigenvalue weighted by atomic mass is 16.4. The van der Waals surface area contributed by atoms with Gasteiger partial charge in [0.15, 0.2) is 0 Å². The molecular formula is C13H23N3O2. The Morgan fingerprint density at radius 3 is 2.83 bits per heavy atom. The minimum Gasteiger partial charge on any atom is -0.444 e. The predicted octanol–water partition coefficient (Wildman–Crippen LogP) is 1.09. The van der Waals surface area contributed by atoms with Crippen molar-refractivity contribution >= 4 is 0 Å². The average Bonchev–Trinajstić information content (AvgIpc) is 2.97. The summed E-state index contributed by atoms with van der Waals surface area (Å²) in [6.45, 7) is 7.43. The number of aryl methyl sites for hydroxylation is 1. The molecule has 2 unspecified atom stereocenters. The first-order valence-electron chi connectivity index (χ1n) is 6.71. The number of rotatable bonds is 6. The number of hydrogen-bond acceptors (Lipinski definition) is 5. The zero-order chi connectivity index (χ0) is 13.0. The Kier molecular flexibility index (Phi) is 4.74. The second kappa shape index (κ2) is 6.31. The summed E-state index contributed by atoms with van der Waals surface area (Å²) < 4.78 is 5.45. The molecule has 0 bridgehead atoms. The van der Waals surface area contributed by atoms with E-state index in [1.54, 1.807) is 6.20 Å². The van der Waals surface area contributed by atoms with Crippen LogP contribution < -0.4 is 5.32 Å². The van der Waals surface area contributed by atoms with Crippen molar-refractivity contribution in [2.45, 2.75) is 38.8 Å². The van der Waals surface area contributed by atoms with Gasteiger partial charge in [0.25, 0.3) is 0 Å². The van der Waals surface area contributed by atoms with E-state index in [1.165, 1.54) is 12.8 Å². The number of likely N-dealkylation sites (tertiary alicyclic amines) is 1.